The van der Waals surface area contributed by atoms with Gasteiger partial charge in [0.15, 0.2) is 5.69 Å². The molecular weight excluding hydrogens is 262 g/mol. The molecule has 2 N–H and O–H groups in total. The molecule has 2 aromatic heterocycles. The number of hydrogen-bond acceptors (Lipinski definition) is 5. The van der Waals surface area contributed by atoms with Crippen LogP contribution >= 0.6 is 11.3 Å². The molecule has 0 radical (unpaired) electrons. The number of hydrogen-bond donors (Lipinski definition) is 2. The van der Waals surface area contributed by atoms with Gasteiger partial charge < -0.3 is 15.2 Å². The maximum absolute atomic E-state index is 12.0. The summed E-state index contributed by atoms with van der Waals surface area (Å²) in [7, 11) is 0. The normalized spacial score (nSPS) is 14.1. The first kappa shape index (κ1) is 12.4. The average Bonchev–Trinajstić information content (AvgIpc) is 3.07. The summed E-state index contributed by atoms with van der Waals surface area (Å²) in [6.45, 7) is 2.16. The summed E-state index contributed by atoms with van der Waals surface area (Å²) in [6.07, 6.45) is 1.65. The molecule has 0 aromatic carbocycles. The summed E-state index contributed by atoms with van der Waals surface area (Å²) in [5.74, 6) is 0.687. The third kappa shape index (κ3) is 2.69. The number of nitrogens with zero attached hydrogens (tertiary/aromatic N) is 1. The molecule has 1 aliphatic rings. The monoisotopic (exact) mass is 277 g/mol. The van der Waals surface area contributed by atoms with Crippen molar-refractivity contribution in [2.45, 2.75) is 19.4 Å². The first-order valence-corrected chi connectivity index (χ1v) is 7.21. The molecule has 100 valence electrons. The van der Waals surface area contributed by atoms with Gasteiger partial charge in [0.25, 0.3) is 5.91 Å². The van der Waals surface area contributed by atoms with Gasteiger partial charge in [-0.15, -0.1) is 11.3 Å². The molecule has 0 aliphatic carbocycles. The predicted octanol–water partition coefficient (Wildman–Crippen LogP) is 1.35. The minimum absolute atomic E-state index is 0.148. The Kier molecular flexibility index (Phi) is 3.61. The van der Waals surface area contributed by atoms with Gasteiger partial charge in [-0.3, -0.25) is 4.79 Å². The Labute approximate surface area is 115 Å². The second-order valence-corrected chi connectivity index (χ2v) is 5.48. The van der Waals surface area contributed by atoms with Crippen molar-refractivity contribution < 1.29 is 9.32 Å². The van der Waals surface area contributed by atoms with E-state index in [1.54, 1.807) is 11.3 Å². The Balaban J connectivity index is 1.59. The van der Waals surface area contributed by atoms with Crippen LogP contribution in [0.15, 0.2) is 22.0 Å². The van der Waals surface area contributed by atoms with E-state index in [4.69, 9.17) is 4.52 Å². The number of thiophene rings is 1. The molecule has 3 rings (SSSR count). The van der Waals surface area contributed by atoms with Gasteiger partial charge in [0, 0.05) is 36.5 Å². The lowest BCUT2D eigenvalue weighted by molar-refractivity contribution is 0.0944. The van der Waals surface area contributed by atoms with Gasteiger partial charge >= 0.3 is 0 Å². The number of carbonyl (C=O) groups is 1. The van der Waals surface area contributed by atoms with Crippen molar-refractivity contribution in [2.75, 3.05) is 13.1 Å². The van der Waals surface area contributed by atoms with E-state index in [1.165, 1.54) is 4.88 Å². The molecule has 1 aliphatic heterocycles. The Hall–Kier alpha value is -1.66. The van der Waals surface area contributed by atoms with Crippen molar-refractivity contribution in [3.05, 3.63) is 39.4 Å². The highest BCUT2D eigenvalue weighted by atomic mass is 32.1. The number of amides is 1. The Morgan fingerprint density at radius 1 is 1.58 bits per heavy atom. The molecule has 19 heavy (non-hydrogen) atoms. The van der Waals surface area contributed by atoms with Crippen LogP contribution in [-0.4, -0.2) is 24.2 Å². The van der Waals surface area contributed by atoms with Crippen molar-refractivity contribution >= 4 is 17.2 Å². The van der Waals surface area contributed by atoms with E-state index < -0.39 is 0 Å². The van der Waals surface area contributed by atoms with E-state index in [1.807, 2.05) is 11.4 Å². The Morgan fingerprint density at radius 3 is 3.37 bits per heavy atom. The molecule has 0 saturated carbocycles. The highest BCUT2D eigenvalue weighted by Crippen LogP contribution is 2.17. The van der Waals surface area contributed by atoms with Crippen LogP contribution in [0.3, 0.4) is 0 Å². The number of aromatic nitrogens is 1. The zero-order chi connectivity index (χ0) is 13.1. The Bertz CT molecular complexity index is 562. The van der Waals surface area contributed by atoms with Crippen LogP contribution in [0.5, 0.6) is 0 Å². The summed E-state index contributed by atoms with van der Waals surface area (Å²) in [6, 6.07) is 4.08. The molecule has 5 nitrogen and oxygen atoms in total. The molecule has 0 spiro atoms. The maximum atomic E-state index is 12.0. The van der Waals surface area contributed by atoms with Gasteiger partial charge in [-0.25, -0.2) is 0 Å². The van der Waals surface area contributed by atoms with Crippen LogP contribution in [-0.2, 0) is 19.4 Å². The van der Waals surface area contributed by atoms with Crippen LogP contribution in [0, 0.1) is 0 Å². The highest BCUT2D eigenvalue weighted by Gasteiger charge is 2.23. The van der Waals surface area contributed by atoms with E-state index >= 15 is 0 Å². The van der Waals surface area contributed by atoms with E-state index in [-0.39, 0.29) is 5.91 Å². The quantitative estimate of drug-likeness (QED) is 0.885. The molecule has 0 unspecified atom stereocenters. The van der Waals surface area contributed by atoms with E-state index in [2.05, 4.69) is 21.9 Å². The van der Waals surface area contributed by atoms with Gasteiger partial charge in [0.05, 0.1) is 0 Å². The molecular formula is C13H15N3O2S. The van der Waals surface area contributed by atoms with Crippen molar-refractivity contribution in [3.63, 3.8) is 0 Å². The summed E-state index contributed by atoms with van der Waals surface area (Å²) in [5, 5.41) is 12.0. The topological polar surface area (TPSA) is 67.2 Å². The van der Waals surface area contributed by atoms with Crippen LogP contribution in [0.4, 0.5) is 0 Å². The third-order valence-corrected chi connectivity index (χ3v) is 4.09. The minimum Gasteiger partial charge on any atom is -0.360 e. The second-order valence-electron chi connectivity index (χ2n) is 4.44. The summed E-state index contributed by atoms with van der Waals surface area (Å²) < 4.78 is 5.21. The number of nitrogens with one attached hydrogen (secondary N) is 2. The zero-order valence-electron chi connectivity index (χ0n) is 10.4. The lowest BCUT2D eigenvalue weighted by Crippen LogP contribution is -2.29. The molecule has 0 saturated heterocycles. The zero-order valence-corrected chi connectivity index (χ0v) is 11.3. The molecule has 0 fully saturated rings. The number of carbonyl (C=O) groups excluding carboxylic acids is 1. The maximum Gasteiger partial charge on any atom is 0.273 e. The van der Waals surface area contributed by atoms with Crippen LogP contribution in [0.1, 0.15) is 26.7 Å². The van der Waals surface area contributed by atoms with Gasteiger partial charge in [-0.2, -0.15) is 0 Å². The molecule has 6 heteroatoms. The minimum atomic E-state index is -0.148. The predicted molar refractivity (Wildman–Crippen MR) is 72.3 cm³/mol. The van der Waals surface area contributed by atoms with Gasteiger partial charge in [-0.05, 0) is 17.9 Å². The lowest BCUT2D eigenvalue weighted by Gasteiger charge is -2.10. The summed E-state index contributed by atoms with van der Waals surface area (Å²) in [5.41, 5.74) is 1.33. The van der Waals surface area contributed by atoms with Gasteiger partial charge in [0.1, 0.15) is 5.76 Å². The molecule has 3 heterocycles. The van der Waals surface area contributed by atoms with Crippen LogP contribution in [0.25, 0.3) is 0 Å². The van der Waals surface area contributed by atoms with Crippen molar-refractivity contribution in [2.24, 2.45) is 0 Å². The Morgan fingerprint density at radius 2 is 2.53 bits per heavy atom. The van der Waals surface area contributed by atoms with E-state index in [9.17, 15) is 4.79 Å². The largest absolute Gasteiger partial charge is 0.360 e. The second kappa shape index (κ2) is 5.54. The van der Waals surface area contributed by atoms with E-state index in [0.717, 1.165) is 30.7 Å². The summed E-state index contributed by atoms with van der Waals surface area (Å²) in [4.78, 5) is 13.3. The molecule has 1 amide bonds. The highest BCUT2D eigenvalue weighted by molar-refractivity contribution is 7.09. The van der Waals surface area contributed by atoms with Crippen molar-refractivity contribution in [3.8, 4) is 0 Å². The molecule has 2 aromatic rings. The van der Waals surface area contributed by atoms with Gasteiger partial charge in [0.2, 0.25) is 0 Å². The van der Waals surface area contributed by atoms with Crippen molar-refractivity contribution in [1.29, 1.82) is 0 Å². The number of fused-ring (bicyclic) bond motifs is 1. The summed E-state index contributed by atoms with van der Waals surface area (Å²) >= 11 is 1.70. The van der Waals surface area contributed by atoms with Gasteiger partial charge in [-0.1, -0.05) is 11.2 Å². The third-order valence-electron chi connectivity index (χ3n) is 3.15. The smallest absolute Gasteiger partial charge is 0.273 e. The molecule has 0 bridgehead atoms. The first-order valence-electron chi connectivity index (χ1n) is 6.33. The fourth-order valence-electron chi connectivity index (χ4n) is 2.15. The lowest BCUT2D eigenvalue weighted by atomic mass is 10.1. The van der Waals surface area contributed by atoms with Crippen LogP contribution < -0.4 is 10.6 Å². The van der Waals surface area contributed by atoms with Crippen molar-refractivity contribution in [1.82, 2.24) is 15.8 Å². The first-order chi connectivity index (χ1) is 9.34. The molecule has 0 atom stereocenters. The average molecular weight is 277 g/mol. The standard InChI is InChI=1S/C13H15N3O2S/c17-13(15-6-3-9-2-1-7-19-9)12-10-8-14-5-4-11(10)18-16-12/h1-2,7,14H,3-6,8H2,(H,15,17). The SMILES string of the molecule is O=C(NCCc1cccs1)c1noc2c1CNCC2. The fourth-order valence-corrected chi connectivity index (χ4v) is 2.86. The fraction of sp³-hybridized carbons (Fsp3) is 0.385. The number of rotatable bonds is 4. The van der Waals surface area contributed by atoms with E-state index in [0.29, 0.717) is 18.8 Å². The van der Waals surface area contributed by atoms with Crippen LogP contribution in [0.2, 0.25) is 0 Å².